The van der Waals surface area contributed by atoms with Gasteiger partial charge in [-0.25, -0.2) is 4.79 Å². The number of aromatic nitrogens is 2. The van der Waals surface area contributed by atoms with Gasteiger partial charge < -0.3 is 24.8 Å². The average Bonchev–Trinajstić information content (AvgIpc) is 3.13. The Hall–Kier alpha value is -2.61. The number of ether oxygens (including phenoxy) is 2. The quantitative estimate of drug-likeness (QED) is 0.273. The normalized spacial score (nSPS) is 11.0. The molecular weight excluding hydrogens is 505 g/mol. The highest BCUT2D eigenvalue weighted by atomic mass is 79.9. The summed E-state index contributed by atoms with van der Waals surface area (Å²) in [6, 6.07) is 14.8. The first-order valence-corrected chi connectivity index (χ1v) is 10.9. The van der Waals surface area contributed by atoms with E-state index in [9.17, 15) is 4.79 Å². The molecule has 9 heteroatoms. The smallest absolute Gasteiger partial charge is 0.323 e. The van der Waals surface area contributed by atoms with E-state index in [4.69, 9.17) is 32.7 Å². The molecule has 3 N–H and O–H groups in total. The van der Waals surface area contributed by atoms with Gasteiger partial charge in [-0.15, -0.1) is 0 Å². The fraction of sp³-hybridized carbons (Fsp3) is 0.136. The third-order valence-corrected chi connectivity index (χ3v) is 6.19. The minimum atomic E-state index is -0.226. The van der Waals surface area contributed by atoms with E-state index in [0.717, 1.165) is 32.3 Å². The number of halogens is 3. The van der Waals surface area contributed by atoms with Crippen LogP contribution in [0.5, 0.6) is 11.5 Å². The van der Waals surface area contributed by atoms with Gasteiger partial charge in [-0.3, -0.25) is 0 Å². The summed E-state index contributed by atoms with van der Waals surface area (Å²) in [6.45, 7) is 0.871. The van der Waals surface area contributed by atoms with Crippen LogP contribution >= 0.6 is 39.1 Å². The van der Waals surface area contributed by atoms with Gasteiger partial charge in [0.05, 0.1) is 28.2 Å². The van der Waals surface area contributed by atoms with Crippen molar-refractivity contribution in [1.82, 2.24) is 9.97 Å². The molecule has 0 bridgehead atoms. The molecule has 31 heavy (non-hydrogen) atoms. The number of fused-ring (bicyclic) bond motifs is 1. The molecule has 1 aromatic heterocycles. The maximum absolute atomic E-state index is 11.4. The standard InChI is InChI=1S/C22H18BrCl2N3O3/c1-30-20-7-13(10-26-14-3-5-18-19(8-14)28-22(29)27-18)15(23)9-21(20)31-11-12-2-4-16(24)17(25)6-12/h2-9,26H,10-11H2,1H3,(H2,27,28,29). The first-order chi connectivity index (χ1) is 14.9. The number of anilines is 1. The van der Waals surface area contributed by atoms with Gasteiger partial charge in [0.15, 0.2) is 11.5 Å². The topological polar surface area (TPSA) is 79.1 Å². The lowest BCUT2D eigenvalue weighted by atomic mass is 10.2. The molecule has 1 heterocycles. The van der Waals surface area contributed by atoms with Crippen molar-refractivity contribution in [2.24, 2.45) is 0 Å². The molecule has 0 unspecified atom stereocenters. The first kappa shape index (κ1) is 21.6. The van der Waals surface area contributed by atoms with Crippen LogP contribution in [0.3, 0.4) is 0 Å². The Balaban J connectivity index is 1.48. The van der Waals surface area contributed by atoms with Gasteiger partial charge in [-0.2, -0.15) is 0 Å². The molecule has 0 radical (unpaired) electrons. The van der Waals surface area contributed by atoms with E-state index in [1.807, 2.05) is 36.4 Å². The molecule has 0 saturated carbocycles. The Labute approximate surface area is 196 Å². The number of hydrogen-bond donors (Lipinski definition) is 3. The zero-order valence-corrected chi connectivity index (χ0v) is 19.5. The first-order valence-electron chi connectivity index (χ1n) is 9.32. The van der Waals surface area contributed by atoms with E-state index in [-0.39, 0.29) is 5.69 Å². The van der Waals surface area contributed by atoms with E-state index in [0.29, 0.717) is 34.7 Å². The van der Waals surface area contributed by atoms with Crippen molar-refractivity contribution in [3.05, 3.63) is 84.7 Å². The molecular formula is C22H18BrCl2N3O3. The van der Waals surface area contributed by atoms with Crippen molar-refractivity contribution >= 4 is 55.9 Å². The van der Waals surface area contributed by atoms with Crippen molar-refractivity contribution in [1.29, 1.82) is 0 Å². The van der Waals surface area contributed by atoms with Crippen LogP contribution in [0.1, 0.15) is 11.1 Å². The van der Waals surface area contributed by atoms with Crippen molar-refractivity contribution in [3.63, 3.8) is 0 Å². The summed E-state index contributed by atoms with van der Waals surface area (Å²) in [4.78, 5) is 16.9. The van der Waals surface area contributed by atoms with Gasteiger partial charge >= 0.3 is 5.69 Å². The maximum atomic E-state index is 11.4. The lowest BCUT2D eigenvalue weighted by molar-refractivity contribution is 0.284. The fourth-order valence-corrected chi connectivity index (χ4v) is 3.90. The van der Waals surface area contributed by atoms with Crippen LogP contribution in [0.4, 0.5) is 5.69 Å². The van der Waals surface area contributed by atoms with E-state index < -0.39 is 0 Å². The fourth-order valence-electron chi connectivity index (χ4n) is 3.12. The van der Waals surface area contributed by atoms with Gasteiger partial charge in [0.2, 0.25) is 0 Å². The molecule has 0 spiro atoms. The Morgan fingerprint density at radius 2 is 1.77 bits per heavy atom. The molecule has 6 nitrogen and oxygen atoms in total. The van der Waals surface area contributed by atoms with Crippen LogP contribution in [0, 0.1) is 0 Å². The maximum Gasteiger partial charge on any atom is 0.323 e. The van der Waals surface area contributed by atoms with E-state index in [1.165, 1.54) is 0 Å². The molecule has 0 aliphatic carbocycles. The lowest BCUT2D eigenvalue weighted by Gasteiger charge is -2.15. The molecule has 0 amide bonds. The third-order valence-electron chi connectivity index (χ3n) is 4.71. The Morgan fingerprint density at radius 1 is 0.968 bits per heavy atom. The van der Waals surface area contributed by atoms with Crippen LogP contribution in [0.2, 0.25) is 10.0 Å². The molecule has 0 atom stereocenters. The van der Waals surface area contributed by atoms with Gasteiger partial charge in [0, 0.05) is 16.7 Å². The Bertz CT molecular complexity index is 1300. The molecule has 4 aromatic rings. The van der Waals surface area contributed by atoms with Gasteiger partial charge in [0.25, 0.3) is 0 Å². The van der Waals surface area contributed by atoms with Crippen molar-refractivity contribution < 1.29 is 9.47 Å². The molecule has 0 aliphatic rings. The summed E-state index contributed by atoms with van der Waals surface area (Å²) in [5, 5.41) is 4.34. The number of H-pyrrole nitrogens is 2. The second kappa shape index (κ2) is 9.26. The molecule has 4 rings (SSSR count). The average molecular weight is 523 g/mol. The highest BCUT2D eigenvalue weighted by Crippen LogP contribution is 2.35. The van der Waals surface area contributed by atoms with Gasteiger partial charge in [-0.1, -0.05) is 45.2 Å². The number of rotatable bonds is 7. The van der Waals surface area contributed by atoms with Gasteiger partial charge in [-0.05, 0) is 53.6 Å². The second-order valence-corrected chi connectivity index (χ2v) is 8.49. The molecule has 0 aliphatic heterocycles. The van der Waals surface area contributed by atoms with Crippen LogP contribution in [-0.2, 0) is 13.2 Å². The highest BCUT2D eigenvalue weighted by Gasteiger charge is 2.12. The molecule has 3 aromatic carbocycles. The summed E-state index contributed by atoms with van der Waals surface area (Å²) >= 11 is 15.6. The summed E-state index contributed by atoms with van der Waals surface area (Å²) in [7, 11) is 1.60. The molecule has 160 valence electrons. The van der Waals surface area contributed by atoms with E-state index in [2.05, 4.69) is 31.2 Å². The van der Waals surface area contributed by atoms with Crippen LogP contribution in [0.25, 0.3) is 11.0 Å². The third kappa shape index (κ3) is 5.01. The summed E-state index contributed by atoms with van der Waals surface area (Å²) in [5.41, 5.74) is 4.06. The van der Waals surface area contributed by atoms with E-state index in [1.54, 1.807) is 19.2 Å². The van der Waals surface area contributed by atoms with E-state index >= 15 is 0 Å². The zero-order valence-electron chi connectivity index (χ0n) is 16.4. The largest absolute Gasteiger partial charge is 0.493 e. The Morgan fingerprint density at radius 3 is 2.55 bits per heavy atom. The second-order valence-electron chi connectivity index (χ2n) is 6.82. The number of aromatic amines is 2. The van der Waals surface area contributed by atoms with Crippen molar-refractivity contribution in [2.75, 3.05) is 12.4 Å². The molecule has 0 fully saturated rings. The zero-order chi connectivity index (χ0) is 22.0. The van der Waals surface area contributed by atoms with Crippen LogP contribution in [0.15, 0.2) is 57.8 Å². The highest BCUT2D eigenvalue weighted by molar-refractivity contribution is 9.10. The predicted molar refractivity (Wildman–Crippen MR) is 128 cm³/mol. The van der Waals surface area contributed by atoms with Crippen LogP contribution < -0.4 is 20.5 Å². The van der Waals surface area contributed by atoms with Gasteiger partial charge in [0.1, 0.15) is 6.61 Å². The summed E-state index contributed by atoms with van der Waals surface area (Å²) in [5.74, 6) is 1.22. The monoisotopic (exact) mass is 521 g/mol. The summed E-state index contributed by atoms with van der Waals surface area (Å²) in [6.07, 6.45) is 0. The minimum absolute atomic E-state index is 0.226. The Kier molecular flexibility index (Phi) is 6.46. The minimum Gasteiger partial charge on any atom is -0.493 e. The number of imidazole rings is 1. The lowest BCUT2D eigenvalue weighted by Crippen LogP contribution is -2.03. The SMILES string of the molecule is COc1cc(CNc2ccc3[nH]c(=O)[nH]c3c2)c(Br)cc1OCc1ccc(Cl)c(Cl)c1. The number of nitrogens with one attached hydrogen (secondary N) is 3. The van der Waals surface area contributed by atoms with Crippen molar-refractivity contribution in [2.45, 2.75) is 13.2 Å². The number of benzene rings is 3. The molecule has 0 saturated heterocycles. The predicted octanol–water partition coefficient (Wildman–Crippen LogP) is 6.13. The summed E-state index contributed by atoms with van der Waals surface area (Å²) < 4.78 is 12.3. The number of hydrogen-bond acceptors (Lipinski definition) is 4. The van der Waals surface area contributed by atoms with Crippen LogP contribution in [-0.4, -0.2) is 17.1 Å². The number of methoxy groups -OCH3 is 1. The van der Waals surface area contributed by atoms with Crippen molar-refractivity contribution in [3.8, 4) is 11.5 Å².